The summed E-state index contributed by atoms with van der Waals surface area (Å²) in [5.41, 5.74) is 1.41. The molecule has 0 saturated carbocycles. The summed E-state index contributed by atoms with van der Waals surface area (Å²) in [6.07, 6.45) is 4.09. The van der Waals surface area contributed by atoms with Gasteiger partial charge in [0.2, 0.25) is 5.91 Å². The molecule has 1 aliphatic heterocycles. The maximum Gasteiger partial charge on any atom is 0.274 e. The molecule has 1 saturated heterocycles. The fraction of sp³-hybridized carbons (Fsp3) is 0.235. The molecule has 24 heavy (non-hydrogen) atoms. The molecule has 0 aliphatic carbocycles. The maximum atomic E-state index is 12.9. The first kappa shape index (κ1) is 14.9. The van der Waals surface area contributed by atoms with Gasteiger partial charge in [-0.1, -0.05) is 30.3 Å². The van der Waals surface area contributed by atoms with Crippen LogP contribution in [0.4, 0.5) is 0 Å². The Bertz CT molecular complexity index is 858. The highest BCUT2D eigenvalue weighted by Crippen LogP contribution is 2.17. The Morgan fingerprint density at radius 1 is 1.33 bits per heavy atom. The molecular formula is C17H16N4O2S. The van der Waals surface area contributed by atoms with E-state index in [9.17, 15) is 9.59 Å². The Labute approximate surface area is 142 Å². The number of hydrogen-bond donors (Lipinski definition) is 1. The lowest BCUT2D eigenvalue weighted by Crippen LogP contribution is -2.58. The lowest BCUT2D eigenvalue weighted by atomic mass is 10.0. The van der Waals surface area contributed by atoms with Crippen LogP contribution in [0, 0.1) is 0 Å². The van der Waals surface area contributed by atoms with Gasteiger partial charge in [0.25, 0.3) is 5.91 Å². The molecule has 1 fully saturated rings. The van der Waals surface area contributed by atoms with Crippen LogP contribution in [0.5, 0.6) is 0 Å². The second-order valence-corrected chi connectivity index (χ2v) is 6.59. The van der Waals surface area contributed by atoms with E-state index < -0.39 is 6.04 Å². The van der Waals surface area contributed by atoms with Gasteiger partial charge < -0.3 is 10.2 Å². The third kappa shape index (κ3) is 2.67. The molecule has 0 unspecified atom stereocenters. The van der Waals surface area contributed by atoms with E-state index in [-0.39, 0.29) is 11.8 Å². The third-order valence-corrected chi connectivity index (χ3v) is 4.95. The van der Waals surface area contributed by atoms with E-state index in [1.54, 1.807) is 11.1 Å². The molecule has 0 bridgehead atoms. The van der Waals surface area contributed by atoms with Gasteiger partial charge in [-0.25, -0.2) is 4.98 Å². The number of fused-ring (bicyclic) bond motifs is 1. The summed E-state index contributed by atoms with van der Waals surface area (Å²) in [4.78, 5) is 32.0. The van der Waals surface area contributed by atoms with Crippen LogP contribution in [-0.2, 0) is 11.2 Å². The Kier molecular flexibility index (Phi) is 3.78. The highest BCUT2D eigenvalue weighted by molar-refractivity contribution is 7.15. The average Bonchev–Trinajstić information content (AvgIpc) is 3.19. The lowest BCUT2D eigenvalue weighted by molar-refractivity contribution is -0.127. The molecule has 3 heterocycles. The van der Waals surface area contributed by atoms with Gasteiger partial charge in [-0.3, -0.25) is 14.0 Å². The van der Waals surface area contributed by atoms with E-state index >= 15 is 0 Å². The van der Waals surface area contributed by atoms with Crippen molar-refractivity contribution in [1.29, 1.82) is 0 Å². The van der Waals surface area contributed by atoms with Crippen LogP contribution in [0.2, 0.25) is 0 Å². The largest absolute Gasteiger partial charge is 0.353 e. The van der Waals surface area contributed by atoms with Gasteiger partial charge in [0, 0.05) is 37.3 Å². The van der Waals surface area contributed by atoms with Crippen LogP contribution >= 0.6 is 11.3 Å². The fourth-order valence-electron chi connectivity index (χ4n) is 2.98. The van der Waals surface area contributed by atoms with Crippen molar-refractivity contribution < 1.29 is 9.59 Å². The van der Waals surface area contributed by atoms with Crippen molar-refractivity contribution in [3.8, 4) is 0 Å². The normalized spacial score (nSPS) is 17.9. The first-order valence-corrected chi connectivity index (χ1v) is 8.65. The zero-order chi connectivity index (χ0) is 16.5. The number of carbonyl (C=O) groups is 2. The van der Waals surface area contributed by atoms with E-state index in [0.717, 1.165) is 10.5 Å². The van der Waals surface area contributed by atoms with Crippen molar-refractivity contribution >= 4 is 28.1 Å². The van der Waals surface area contributed by atoms with E-state index in [2.05, 4.69) is 10.3 Å². The van der Waals surface area contributed by atoms with Crippen molar-refractivity contribution in [3.05, 3.63) is 59.4 Å². The molecule has 2 aromatic heterocycles. The number of rotatable bonds is 3. The molecule has 4 rings (SSSR count). The summed E-state index contributed by atoms with van der Waals surface area (Å²) >= 11 is 1.48. The smallest absolute Gasteiger partial charge is 0.274 e. The third-order valence-electron chi connectivity index (χ3n) is 4.18. The molecule has 1 atom stereocenters. The van der Waals surface area contributed by atoms with Crippen LogP contribution in [0.25, 0.3) is 4.96 Å². The van der Waals surface area contributed by atoms with E-state index in [4.69, 9.17) is 0 Å². The average molecular weight is 340 g/mol. The second kappa shape index (κ2) is 6.09. The molecule has 0 spiro atoms. The lowest BCUT2D eigenvalue weighted by Gasteiger charge is -2.34. The minimum atomic E-state index is -0.506. The summed E-state index contributed by atoms with van der Waals surface area (Å²) in [6, 6.07) is 9.24. The van der Waals surface area contributed by atoms with Crippen molar-refractivity contribution in [2.24, 2.45) is 0 Å². The number of imidazole rings is 1. The standard InChI is InChI=1S/C17H16N4O2S/c22-15-14(10-12-4-2-1-3-5-12)21(7-6-18-15)16(23)13-11-20-8-9-24-17(20)19-13/h1-5,8-9,11,14H,6-7,10H2,(H,18,22)/t14-/m0/s1. The van der Waals surface area contributed by atoms with Crippen LogP contribution in [-0.4, -0.2) is 45.2 Å². The number of aromatic nitrogens is 2. The highest BCUT2D eigenvalue weighted by atomic mass is 32.1. The summed E-state index contributed by atoms with van der Waals surface area (Å²) in [5.74, 6) is -0.304. The number of thiazole rings is 1. The number of hydrogen-bond acceptors (Lipinski definition) is 4. The van der Waals surface area contributed by atoms with Crippen LogP contribution in [0.15, 0.2) is 48.1 Å². The number of amides is 2. The first-order chi connectivity index (χ1) is 11.7. The summed E-state index contributed by atoms with van der Waals surface area (Å²) in [5, 5.41) is 4.77. The fourth-order valence-corrected chi connectivity index (χ4v) is 3.68. The summed E-state index contributed by atoms with van der Waals surface area (Å²) in [6.45, 7) is 0.964. The Hall–Kier alpha value is -2.67. The zero-order valence-corrected chi connectivity index (χ0v) is 13.7. The van der Waals surface area contributed by atoms with Crippen molar-refractivity contribution in [3.63, 3.8) is 0 Å². The first-order valence-electron chi connectivity index (χ1n) is 7.77. The number of nitrogens with one attached hydrogen (secondary N) is 1. The minimum absolute atomic E-state index is 0.112. The monoisotopic (exact) mass is 340 g/mol. The zero-order valence-electron chi connectivity index (χ0n) is 12.9. The van der Waals surface area contributed by atoms with Gasteiger partial charge >= 0.3 is 0 Å². The van der Waals surface area contributed by atoms with E-state index in [1.807, 2.05) is 46.3 Å². The van der Waals surface area contributed by atoms with Gasteiger partial charge in [-0.15, -0.1) is 11.3 Å². The predicted octanol–water partition coefficient (Wildman–Crippen LogP) is 1.58. The van der Waals surface area contributed by atoms with Gasteiger partial charge in [-0.05, 0) is 5.56 Å². The molecular weight excluding hydrogens is 324 g/mol. The Morgan fingerprint density at radius 3 is 2.96 bits per heavy atom. The summed E-state index contributed by atoms with van der Waals surface area (Å²) in [7, 11) is 0. The molecule has 1 N–H and O–H groups in total. The summed E-state index contributed by atoms with van der Waals surface area (Å²) < 4.78 is 1.83. The van der Waals surface area contributed by atoms with Gasteiger partial charge in [0.1, 0.15) is 11.7 Å². The van der Waals surface area contributed by atoms with E-state index in [1.165, 1.54) is 11.3 Å². The van der Waals surface area contributed by atoms with Gasteiger partial charge in [0.15, 0.2) is 4.96 Å². The van der Waals surface area contributed by atoms with Crippen LogP contribution in [0.3, 0.4) is 0 Å². The molecule has 1 aromatic carbocycles. The van der Waals surface area contributed by atoms with Crippen molar-refractivity contribution in [2.45, 2.75) is 12.5 Å². The number of piperazine rings is 1. The molecule has 0 radical (unpaired) electrons. The molecule has 7 heteroatoms. The molecule has 3 aromatic rings. The van der Waals surface area contributed by atoms with Crippen molar-refractivity contribution in [1.82, 2.24) is 19.6 Å². The van der Waals surface area contributed by atoms with Crippen LogP contribution < -0.4 is 5.32 Å². The number of benzene rings is 1. The van der Waals surface area contributed by atoms with Crippen molar-refractivity contribution in [2.75, 3.05) is 13.1 Å². The molecule has 2 amide bonds. The Balaban J connectivity index is 1.61. The quantitative estimate of drug-likeness (QED) is 0.787. The van der Waals surface area contributed by atoms with E-state index in [0.29, 0.717) is 25.2 Å². The number of nitrogens with zero attached hydrogens (tertiary/aromatic N) is 3. The predicted molar refractivity (Wildman–Crippen MR) is 91.0 cm³/mol. The molecule has 122 valence electrons. The molecule has 6 nitrogen and oxygen atoms in total. The van der Waals surface area contributed by atoms with Gasteiger partial charge in [-0.2, -0.15) is 0 Å². The topological polar surface area (TPSA) is 66.7 Å². The Morgan fingerprint density at radius 2 is 2.17 bits per heavy atom. The molecule has 1 aliphatic rings. The minimum Gasteiger partial charge on any atom is -0.353 e. The highest BCUT2D eigenvalue weighted by Gasteiger charge is 2.34. The maximum absolute atomic E-state index is 12.9. The van der Waals surface area contributed by atoms with Crippen LogP contribution in [0.1, 0.15) is 16.1 Å². The second-order valence-electron chi connectivity index (χ2n) is 5.71. The number of carbonyl (C=O) groups excluding carboxylic acids is 2. The van der Waals surface area contributed by atoms with Gasteiger partial charge in [0.05, 0.1) is 0 Å². The SMILES string of the molecule is O=C1NCCN(C(=O)c2cn3ccsc3n2)[C@H]1Cc1ccccc1.